The SMILES string of the molecule is C[C@]1(CN)O[C@@H](n2cc(-c3ccc(F)cc3)c3c(Nc4ccc(F)cc4)ncnc32)[C@H](O)[C@@H]1O. The molecule has 1 aliphatic heterocycles. The maximum atomic E-state index is 13.6. The van der Waals surface area contributed by atoms with E-state index in [-0.39, 0.29) is 18.2 Å². The monoisotopic (exact) mass is 467 g/mol. The van der Waals surface area contributed by atoms with Crippen molar-refractivity contribution in [1.82, 2.24) is 14.5 Å². The van der Waals surface area contributed by atoms with E-state index in [1.165, 1.54) is 30.6 Å². The lowest BCUT2D eigenvalue weighted by Crippen LogP contribution is -2.46. The number of benzene rings is 2. The van der Waals surface area contributed by atoms with Crippen molar-refractivity contribution in [3.05, 3.63) is 72.7 Å². The first kappa shape index (κ1) is 22.4. The standard InChI is InChI=1S/C24H23F2N5O3/c1-24(11-27)20(33)19(32)23(34-24)31-10-17(13-2-4-14(25)5-3-13)18-21(28-12-29-22(18)31)30-16-8-6-15(26)7-9-16/h2-10,12,19-20,23,32-33H,11,27H2,1H3,(H,28,29,30)/t19-,20+,23-,24-/m1/s1. The van der Waals surface area contributed by atoms with E-state index in [0.717, 1.165) is 0 Å². The predicted molar refractivity (Wildman–Crippen MR) is 122 cm³/mol. The van der Waals surface area contributed by atoms with Crippen LogP contribution in [0.25, 0.3) is 22.2 Å². The molecule has 5 N–H and O–H groups in total. The number of aliphatic hydroxyl groups is 2. The molecule has 0 bridgehead atoms. The Kier molecular flexibility index (Phi) is 5.53. The first-order chi connectivity index (χ1) is 16.3. The quantitative estimate of drug-likeness (QED) is 0.356. The molecular formula is C24H23F2N5O3. The molecule has 0 aliphatic carbocycles. The molecule has 0 unspecified atom stereocenters. The average molecular weight is 467 g/mol. The maximum absolute atomic E-state index is 13.6. The van der Waals surface area contributed by atoms with Crippen LogP contribution >= 0.6 is 0 Å². The second-order valence-electron chi connectivity index (χ2n) is 8.47. The topological polar surface area (TPSA) is 118 Å². The van der Waals surface area contributed by atoms with Crippen LogP contribution in [-0.4, -0.2) is 49.1 Å². The van der Waals surface area contributed by atoms with E-state index < -0.39 is 24.0 Å². The Labute approximate surface area is 193 Å². The molecule has 2 aromatic carbocycles. The summed E-state index contributed by atoms with van der Waals surface area (Å²) in [6.45, 7) is 1.63. The summed E-state index contributed by atoms with van der Waals surface area (Å²) in [4.78, 5) is 8.78. The fourth-order valence-electron chi connectivity index (χ4n) is 4.21. The van der Waals surface area contributed by atoms with Crippen LogP contribution in [0.2, 0.25) is 0 Å². The first-order valence-corrected chi connectivity index (χ1v) is 10.7. The Balaban J connectivity index is 1.69. The molecule has 3 heterocycles. The van der Waals surface area contributed by atoms with Crippen LogP contribution in [0.5, 0.6) is 0 Å². The van der Waals surface area contributed by atoms with E-state index in [1.807, 2.05) is 0 Å². The van der Waals surface area contributed by atoms with Gasteiger partial charge in [-0.3, -0.25) is 0 Å². The number of nitrogens with two attached hydrogens (primary N) is 1. The highest BCUT2D eigenvalue weighted by molar-refractivity contribution is 6.02. The van der Waals surface area contributed by atoms with Crippen molar-refractivity contribution in [1.29, 1.82) is 0 Å². The van der Waals surface area contributed by atoms with Crippen molar-refractivity contribution >= 4 is 22.5 Å². The highest BCUT2D eigenvalue weighted by Gasteiger charge is 2.51. The van der Waals surface area contributed by atoms with E-state index in [1.54, 1.807) is 42.0 Å². The van der Waals surface area contributed by atoms with E-state index in [9.17, 15) is 19.0 Å². The second kappa shape index (κ2) is 8.41. The van der Waals surface area contributed by atoms with Gasteiger partial charge in [-0.05, 0) is 48.9 Å². The van der Waals surface area contributed by atoms with Gasteiger partial charge in [0.15, 0.2) is 6.23 Å². The fourth-order valence-corrected chi connectivity index (χ4v) is 4.21. The second-order valence-corrected chi connectivity index (χ2v) is 8.47. The number of ether oxygens (including phenoxy) is 1. The van der Waals surface area contributed by atoms with Crippen LogP contribution in [0.3, 0.4) is 0 Å². The van der Waals surface area contributed by atoms with Gasteiger partial charge < -0.3 is 30.6 Å². The van der Waals surface area contributed by atoms with E-state index in [2.05, 4.69) is 15.3 Å². The molecule has 0 spiro atoms. The van der Waals surface area contributed by atoms with Crippen molar-refractivity contribution in [3.8, 4) is 11.1 Å². The molecule has 5 rings (SSSR count). The van der Waals surface area contributed by atoms with Crippen molar-refractivity contribution in [3.63, 3.8) is 0 Å². The van der Waals surface area contributed by atoms with Crippen LogP contribution in [0.1, 0.15) is 13.2 Å². The van der Waals surface area contributed by atoms with Crippen molar-refractivity contribution in [2.45, 2.75) is 31.0 Å². The lowest BCUT2D eigenvalue weighted by Gasteiger charge is -2.25. The number of halogens is 2. The van der Waals surface area contributed by atoms with Crippen LogP contribution in [-0.2, 0) is 4.74 Å². The number of aliphatic hydroxyl groups excluding tert-OH is 2. The van der Waals surface area contributed by atoms with Crippen LogP contribution < -0.4 is 11.1 Å². The first-order valence-electron chi connectivity index (χ1n) is 10.7. The van der Waals surface area contributed by atoms with E-state index in [0.29, 0.717) is 33.7 Å². The molecule has 4 atom stereocenters. The molecule has 34 heavy (non-hydrogen) atoms. The Bertz CT molecular complexity index is 1330. The van der Waals surface area contributed by atoms with Gasteiger partial charge in [0.25, 0.3) is 0 Å². The number of hydrogen-bond acceptors (Lipinski definition) is 7. The summed E-state index contributed by atoms with van der Waals surface area (Å²) in [6.07, 6.45) is -0.403. The van der Waals surface area contributed by atoms with Gasteiger partial charge in [0.1, 0.15) is 47.2 Å². The summed E-state index contributed by atoms with van der Waals surface area (Å²) < 4.78 is 34.6. The smallest absolute Gasteiger partial charge is 0.164 e. The third kappa shape index (κ3) is 3.70. The third-order valence-corrected chi connectivity index (χ3v) is 6.18. The number of aromatic nitrogens is 3. The number of hydrogen-bond donors (Lipinski definition) is 4. The van der Waals surface area contributed by atoms with Crippen molar-refractivity contribution in [2.24, 2.45) is 5.73 Å². The molecule has 1 fully saturated rings. The van der Waals surface area contributed by atoms with Gasteiger partial charge in [0.05, 0.1) is 5.39 Å². The highest BCUT2D eigenvalue weighted by atomic mass is 19.1. The van der Waals surface area contributed by atoms with Crippen molar-refractivity contribution < 1.29 is 23.7 Å². The van der Waals surface area contributed by atoms with Gasteiger partial charge in [0.2, 0.25) is 0 Å². The third-order valence-electron chi connectivity index (χ3n) is 6.18. The van der Waals surface area contributed by atoms with Gasteiger partial charge in [-0.2, -0.15) is 0 Å². The molecule has 1 aliphatic rings. The summed E-state index contributed by atoms with van der Waals surface area (Å²) in [6, 6.07) is 11.7. The molecular weight excluding hydrogens is 444 g/mol. The summed E-state index contributed by atoms with van der Waals surface area (Å²) in [5, 5.41) is 25.1. The minimum Gasteiger partial charge on any atom is -0.387 e. The van der Waals surface area contributed by atoms with Crippen molar-refractivity contribution in [2.75, 3.05) is 11.9 Å². The molecule has 0 saturated carbocycles. The zero-order valence-corrected chi connectivity index (χ0v) is 18.2. The minimum absolute atomic E-state index is 0.00188. The molecule has 0 amide bonds. The largest absolute Gasteiger partial charge is 0.387 e. The summed E-state index contributed by atoms with van der Waals surface area (Å²) >= 11 is 0. The zero-order chi connectivity index (χ0) is 24.0. The number of rotatable bonds is 5. The maximum Gasteiger partial charge on any atom is 0.164 e. The highest BCUT2D eigenvalue weighted by Crippen LogP contribution is 2.42. The van der Waals surface area contributed by atoms with Crippen LogP contribution in [0, 0.1) is 11.6 Å². The molecule has 1 saturated heterocycles. The molecule has 2 aromatic heterocycles. The Hall–Kier alpha value is -3.44. The van der Waals surface area contributed by atoms with Gasteiger partial charge in [-0.25, -0.2) is 18.7 Å². The molecule has 0 radical (unpaired) electrons. The number of anilines is 2. The average Bonchev–Trinajstić information content (AvgIpc) is 3.33. The zero-order valence-electron chi connectivity index (χ0n) is 18.2. The minimum atomic E-state index is -1.27. The van der Waals surface area contributed by atoms with E-state index in [4.69, 9.17) is 10.5 Å². The van der Waals surface area contributed by atoms with Crippen LogP contribution in [0.15, 0.2) is 61.1 Å². The van der Waals surface area contributed by atoms with Gasteiger partial charge >= 0.3 is 0 Å². The number of nitrogens with zero attached hydrogens (tertiary/aromatic N) is 3. The number of fused-ring (bicyclic) bond motifs is 1. The number of nitrogens with one attached hydrogen (secondary N) is 1. The molecule has 4 aromatic rings. The Morgan fingerprint density at radius 2 is 1.71 bits per heavy atom. The Morgan fingerprint density at radius 1 is 1.06 bits per heavy atom. The molecule has 176 valence electrons. The van der Waals surface area contributed by atoms with Gasteiger partial charge in [-0.15, -0.1) is 0 Å². The Morgan fingerprint density at radius 3 is 2.32 bits per heavy atom. The van der Waals surface area contributed by atoms with E-state index >= 15 is 0 Å². The summed E-state index contributed by atoms with van der Waals surface area (Å²) in [5.74, 6) is -0.334. The lowest BCUT2D eigenvalue weighted by molar-refractivity contribution is -0.0852. The molecule has 8 nitrogen and oxygen atoms in total. The predicted octanol–water partition coefficient (Wildman–Crippen LogP) is 3.09. The molecule has 10 heteroatoms. The van der Waals surface area contributed by atoms with Gasteiger partial charge in [0, 0.05) is 24.0 Å². The van der Waals surface area contributed by atoms with Gasteiger partial charge in [-0.1, -0.05) is 12.1 Å². The lowest BCUT2D eigenvalue weighted by atomic mass is 9.98. The fraction of sp³-hybridized carbons (Fsp3) is 0.250. The normalized spacial score (nSPS) is 24.6. The summed E-state index contributed by atoms with van der Waals surface area (Å²) in [5.41, 5.74) is 6.98. The summed E-state index contributed by atoms with van der Waals surface area (Å²) in [7, 11) is 0. The van der Waals surface area contributed by atoms with Crippen LogP contribution in [0.4, 0.5) is 20.3 Å².